The van der Waals surface area contributed by atoms with Crippen LogP contribution in [-0.2, 0) is 34.0 Å². The highest BCUT2D eigenvalue weighted by molar-refractivity contribution is 14.1. The summed E-state index contributed by atoms with van der Waals surface area (Å²) >= 11 is 2.59. The highest BCUT2D eigenvalue weighted by atomic mass is 127. The molecular weight excluding hydrogens is 625 g/mol. The van der Waals surface area contributed by atoms with Gasteiger partial charge >= 0.3 is 0 Å². The van der Waals surface area contributed by atoms with Crippen molar-refractivity contribution in [2.75, 3.05) is 13.2 Å². The summed E-state index contributed by atoms with van der Waals surface area (Å²) in [5.41, 5.74) is 4.67. The number of halogens is 1. The molecule has 0 aromatic heterocycles. The average molecular weight is 668 g/mol. The zero-order chi connectivity index (χ0) is 28.6. The van der Waals surface area contributed by atoms with E-state index in [9.17, 15) is 4.79 Å². The van der Waals surface area contributed by atoms with Gasteiger partial charge < -0.3 is 14.4 Å². The van der Waals surface area contributed by atoms with Crippen LogP contribution >= 0.6 is 22.6 Å². The van der Waals surface area contributed by atoms with Gasteiger partial charge in [-0.25, -0.2) is 0 Å². The maximum absolute atomic E-state index is 13.2. The van der Waals surface area contributed by atoms with Crippen LogP contribution in [0.1, 0.15) is 36.5 Å². The van der Waals surface area contributed by atoms with E-state index in [2.05, 4.69) is 108 Å². The molecule has 4 rings (SSSR count). The molecule has 1 amide bonds. The molecule has 3 aromatic rings. The number of carbonyl (C=O) groups excluding carboxylic acids is 1. The van der Waals surface area contributed by atoms with E-state index in [4.69, 9.17) is 9.47 Å². The molecule has 1 unspecified atom stereocenters. The van der Waals surface area contributed by atoms with Gasteiger partial charge in [0.25, 0.3) is 0 Å². The fourth-order valence-electron chi connectivity index (χ4n) is 5.53. The Bertz CT molecular complexity index is 1210. The molecule has 4 nitrogen and oxygen atoms in total. The topological polar surface area (TPSA) is 38.8 Å². The van der Waals surface area contributed by atoms with Gasteiger partial charge in [0.1, 0.15) is 0 Å². The van der Waals surface area contributed by atoms with Gasteiger partial charge in [-0.1, -0.05) is 133 Å². The van der Waals surface area contributed by atoms with Crippen molar-refractivity contribution >= 4 is 36.6 Å². The van der Waals surface area contributed by atoms with Crippen molar-refractivity contribution < 1.29 is 14.3 Å². The maximum Gasteiger partial charge on any atom is 0.220 e. The van der Waals surface area contributed by atoms with E-state index < -0.39 is 8.07 Å². The molecule has 6 heteroatoms. The monoisotopic (exact) mass is 667 g/mol. The lowest BCUT2D eigenvalue weighted by Crippen LogP contribution is -2.40. The predicted octanol–water partition coefficient (Wildman–Crippen LogP) is 8.18. The minimum Gasteiger partial charge on any atom is -0.376 e. The molecule has 0 spiro atoms. The number of hydrogen-bond donors (Lipinski definition) is 0. The summed E-state index contributed by atoms with van der Waals surface area (Å²) in [6.07, 6.45) is 1.71. The maximum atomic E-state index is 13.2. The zero-order valence-corrected chi connectivity index (χ0v) is 27.4. The van der Waals surface area contributed by atoms with Gasteiger partial charge in [-0.2, -0.15) is 0 Å². The van der Waals surface area contributed by atoms with Crippen LogP contribution in [-0.4, -0.2) is 38.1 Å². The first-order valence-electron chi connectivity index (χ1n) is 14.1. The predicted molar refractivity (Wildman–Crippen MR) is 175 cm³/mol. The lowest BCUT2D eigenvalue weighted by Gasteiger charge is -2.33. The van der Waals surface area contributed by atoms with E-state index in [0.717, 1.165) is 18.4 Å². The molecule has 40 heavy (non-hydrogen) atoms. The number of nitrogens with zero attached hydrogens (tertiary/aromatic N) is 1. The molecule has 0 bridgehead atoms. The van der Waals surface area contributed by atoms with Crippen molar-refractivity contribution in [2.45, 2.75) is 65.2 Å². The van der Waals surface area contributed by atoms with Crippen LogP contribution in [0.5, 0.6) is 0 Å². The highest BCUT2D eigenvalue weighted by Crippen LogP contribution is 2.48. The van der Waals surface area contributed by atoms with Gasteiger partial charge in [0.05, 0.1) is 40.5 Å². The van der Waals surface area contributed by atoms with E-state index in [-0.39, 0.29) is 17.4 Å². The van der Waals surface area contributed by atoms with E-state index in [0.29, 0.717) is 33.0 Å². The summed E-state index contributed by atoms with van der Waals surface area (Å²) in [6.45, 7) is 11.8. The second kappa shape index (κ2) is 14.1. The Morgan fingerprint density at radius 2 is 1.27 bits per heavy atom. The third-order valence-corrected chi connectivity index (χ3v) is 14.7. The standard InChI is InChI=1S/C34H42INO3Si/c1-27(37)36(22-28-14-8-5-9-15-28)32-21-34(20-31(32)33(35)40(2,3)4,25-38-23-29-16-10-6-11-17-29)26-39-24-30-18-12-7-13-19-30/h5-19,32H,20-26H2,1-4H3/b33-31-. The molecule has 1 aliphatic carbocycles. The molecule has 0 radical (unpaired) electrons. The number of carbonyl (C=O) groups is 1. The average Bonchev–Trinajstić information content (AvgIpc) is 3.31. The molecule has 0 heterocycles. The van der Waals surface area contributed by atoms with Crippen LogP contribution in [0.25, 0.3) is 0 Å². The van der Waals surface area contributed by atoms with E-state index in [1.807, 2.05) is 30.3 Å². The SMILES string of the molecule is CC(=O)N(Cc1ccccc1)C1CC(COCc2ccccc2)(COCc2ccccc2)C/C1=C(\I)[Si](C)(C)C. The van der Waals surface area contributed by atoms with Crippen LogP contribution in [0.2, 0.25) is 19.6 Å². The molecular formula is C34H42INO3Si. The molecule has 0 aliphatic heterocycles. The first kappa shape index (κ1) is 30.7. The summed E-state index contributed by atoms with van der Waals surface area (Å²) in [6, 6.07) is 31.0. The largest absolute Gasteiger partial charge is 0.376 e. The number of ether oxygens (including phenoxy) is 2. The summed E-state index contributed by atoms with van der Waals surface area (Å²) in [7, 11) is -1.62. The molecule has 0 N–H and O–H groups in total. The summed E-state index contributed by atoms with van der Waals surface area (Å²) in [5.74, 6) is 0.109. The van der Waals surface area contributed by atoms with E-state index in [1.54, 1.807) is 6.92 Å². The van der Waals surface area contributed by atoms with Gasteiger partial charge in [0.2, 0.25) is 5.91 Å². The number of benzene rings is 3. The number of amides is 1. The lowest BCUT2D eigenvalue weighted by atomic mass is 9.87. The first-order valence-corrected chi connectivity index (χ1v) is 18.7. The smallest absolute Gasteiger partial charge is 0.220 e. The van der Waals surface area contributed by atoms with Gasteiger partial charge in [0.15, 0.2) is 0 Å². The van der Waals surface area contributed by atoms with Gasteiger partial charge in [-0.3, -0.25) is 4.79 Å². The summed E-state index contributed by atoms with van der Waals surface area (Å²) in [4.78, 5) is 15.3. The third-order valence-electron chi connectivity index (χ3n) is 7.55. The van der Waals surface area contributed by atoms with Crippen LogP contribution in [0, 0.1) is 5.41 Å². The Balaban J connectivity index is 1.64. The Labute approximate surface area is 254 Å². The second-order valence-electron chi connectivity index (χ2n) is 12.1. The first-order chi connectivity index (χ1) is 19.2. The minimum atomic E-state index is -1.62. The quantitative estimate of drug-likeness (QED) is 0.145. The Morgan fingerprint density at radius 1 is 0.825 bits per heavy atom. The van der Waals surface area contributed by atoms with Crippen molar-refractivity contribution in [3.63, 3.8) is 0 Å². The minimum absolute atomic E-state index is 0.0250. The van der Waals surface area contributed by atoms with Crippen molar-refractivity contribution in [2.24, 2.45) is 5.41 Å². The van der Waals surface area contributed by atoms with Crippen molar-refractivity contribution in [3.8, 4) is 0 Å². The number of rotatable bonds is 12. The molecule has 0 saturated heterocycles. The van der Waals surface area contributed by atoms with Gasteiger partial charge in [-0.05, 0) is 38.3 Å². The van der Waals surface area contributed by atoms with Crippen LogP contribution in [0.4, 0.5) is 0 Å². The highest BCUT2D eigenvalue weighted by Gasteiger charge is 2.47. The normalized spacial score (nSPS) is 18.0. The van der Waals surface area contributed by atoms with Crippen LogP contribution < -0.4 is 0 Å². The van der Waals surface area contributed by atoms with E-state index in [1.165, 1.54) is 19.9 Å². The van der Waals surface area contributed by atoms with Crippen molar-refractivity contribution in [3.05, 3.63) is 116 Å². The lowest BCUT2D eigenvalue weighted by molar-refractivity contribution is -0.131. The Kier molecular flexibility index (Phi) is 10.8. The molecule has 3 aromatic carbocycles. The molecule has 1 saturated carbocycles. The molecule has 1 fully saturated rings. The molecule has 1 aliphatic rings. The summed E-state index contributed by atoms with van der Waals surface area (Å²) < 4.78 is 14.3. The fraction of sp³-hybridized carbons (Fsp3) is 0.382. The van der Waals surface area contributed by atoms with Crippen LogP contribution in [0.15, 0.2) is 99.8 Å². The fourth-order valence-corrected chi connectivity index (χ4v) is 7.30. The zero-order valence-electron chi connectivity index (χ0n) is 24.2. The van der Waals surface area contributed by atoms with Gasteiger partial charge in [0, 0.05) is 18.9 Å². The summed E-state index contributed by atoms with van der Waals surface area (Å²) in [5, 5.41) is 0. The molecule has 1 atom stereocenters. The number of hydrogen-bond acceptors (Lipinski definition) is 3. The van der Waals surface area contributed by atoms with Crippen LogP contribution in [0.3, 0.4) is 0 Å². The van der Waals surface area contributed by atoms with Crippen molar-refractivity contribution in [1.29, 1.82) is 0 Å². The van der Waals surface area contributed by atoms with Crippen molar-refractivity contribution in [1.82, 2.24) is 4.90 Å². The van der Waals surface area contributed by atoms with Gasteiger partial charge in [-0.15, -0.1) is 0 Å². The second-order valence-corrected chi connectivity index (χ2v) is 19.2. The Hall–Kier alpha value is -2.26. The van der Waals surface area contributed by atoms with E-state index >= 15 is 0 Å². The Morgan fingerprint density at radius 3 is 1.70 bits per heavy atom. The molecule has 212 valence electrons. The third kappa shape index (κ3) is 8.38.